The van der Waals surface area contributed by atoms with Crippen molar-refractivity contribution >= 4 is 11.8 Å². The topological polar surface area (TPSA) is 135 Å². The number of aromatic amines is 1. The van der Waals surface area contributed by atoms with E-state index in [2.05, 4.69) is 82.1 Å². The van der Waals surface area contributed by atoms with Crippen LogP contribution in [-0.2, 0) is 20.7 Å². The molecule has 2 amide bonds. The van der Waals surface area contributed by atoms with Crippen molar-refractivity contribution in [1.29, 1.82) is 0 Å². The summed E-state index contributed by atoms with van der Waals surface area (Å²) in [6.45, 7) is 20.5. The first-order chi connectivity index (χ1) is 27.1. The van der Waals surface area contributed by atoms with Crippen LogP contribution >= 0.6 is 0 Å². The number of carbonyl (C=O) groups excluding carboxylic acids is 2. The fourth-order valence-corrected chi connectivity index (χ4v) is 12.1. The maximum atomic E-state index is 13.5. The standard InChI is InChI=1S/C45H78N8O3/c1-32(2)7-6-8-33(3)38-11-12-39-37-10-9-34-27-36(13-15-44(34,4)40(37)14-16-45(38,39)5)56-26-23-50-43(55)41(28-35-29-49-31-51-35)52-42(54)30-53-24-21-47-19-17-46-18-20-48-22-25-53/h9,29,31-33,36-41,46-48H,6-8,10-28,30H2,1-5H3,(H,49,51)(H,50,55)(H,52,54)/t33-,36+,37+,38-,39+,40+,41+,44+,45-/m1/s1. The van der Waals surface area contributed by atoms with Gasteiger partial charge in [0.15, 0.2) is 0 Å². The van der Waals surface area contributed by atoms with Gasteiger partial charge < -0.3 is 36.3 Å². The zero-order valence-electron chi connectivity index (χ0n) is 35.7. The zero-order chi connectivity index (χ0) is 39.5. The van der Waals surface area contributed by atoms with Crippen LogP contribution in [-0.4, -0.2) is 111 Å². The van der Waals surface area contributed by atoms with E-state index in [-0.39, 0.29) is 24.5 Å². The molecule has 0 radical (unpaired) electrons. The molecule has 11 heteroatoms. The summed E-state index contributed by atoms with van der Waals surface area (Å²) in [7, 11) is 0. The van der Waals surface area contributed by atoms with Gasteiger partial charge in [0, 0.05) is 77.2 Å². The summed E-state index contributed by atoms with van der Waals surface area (Å²) in [5.74, 6) is 4.73. The molecule has 1 saturated heterocycles. The van der Waals surface area contributed by atoms with E-state index in [4.69, 9.17) is 4.74 Å². The molecule has 5 aliphatic rings. The molecular formula is C45H78N8O3. The summed E-state index contributed by atoms with van der Waals surface area (Å²) in [5.41, 5.74) is 3.27. The largest absolute Gasteiger partial charge is 0.376 e. The van der Waals surface area contributed by atoms with Crippen molar-refractivity contribution in [3.05, 3.63) is 29.9 Å². The number of H-pyrrole nitrogens is 1. The Labute approximate surface area is 338 Å². The van der Waals surface area contributed by atoms with Gasteiger partial charge in [0.25, 0.3) is 0 Å². The van der Waals surface area contributed by atoms with Gasteiger partial charge in [-0.1, -0.05) is 65.5 Å². The van der Waals surface area contributed by atoms with E-state index < -0.39 is 6.04 Å². The summed E-state index contributed by atoms with van der Waals surface area (Å²) in [6, 6.07) is -0.700. The summed E-state index contributed by atoms with van der Waals surface area (Å²) in [6.07, 6.45) is 20.9. The van der Waals surface area contributed by atoms with Crippen LogP contribution in [0.25, 0.3) is 0 Å². The third-order valence-corrected chi connectivity index (χ3v) is 15.2. The molecule has 1 aromatic rings. The molecule has 4 fully saturated rings. The Morgan fingerprint density at radius 2 is 1.70 bits per heavy atom. The van der Waals surface area contributed by atoms with E-state index in [0.717, 1.165) is 106 Å². The number of ether oxygens (including phenoxy) is 1. The van der Waals surface area contributed by atoms with Crippen LogP contribution in [0.3, 0.4) is 0 Å². The SMILES string of the molecule is CC(C)CCC[C@@H](C)[C@H]1CC[C@H]2[C@@H]3CC=C4C[C@@H](OCCNC(=O)[C@H](Cc5cnc[nH]5)NC(=O)CN5CCNCCNCCNCC5)CC[C@]4(C)[C@H]3CC[C@]12C. The lowest BCUT2D eigenvalue weighted by Crippen LogP contribution is -2.52. The van der Waals surface area contributed by atoms with Crippen LogP contribution in [0.15, 0.2) is 24.2 Å². The third-order valence-electron chi connectivity index (χ3n) is 15.2. The third kappa shape index (κ3) is 11.0. The van der Waals surface area contributed by atoms with Crippen LogP contribution < -0.4 is 26.6 Å². The average Bonchev–Trinajstić information content (AvgIpc) is 3.81. The van der Waals surface area contributed by atoms with Gasteiger partial charge in [-0.3, -0.25) is 14.5 Å². The monoisotopic (exact) mass is 779 g/mol. The molecular weight excluding hydrogens is 701 g/mol. The van der Waals surface area contributed by atoms with Gasteiger partial charge >= 0.3 is 0 Å². The second kappa shape index (κ2) is 20.6. The molecule has 1 aromatic heterocycles. The highest BCUT2D eigenvalue weighted by Gasteiger charge is 2.59. The summed E-state index contributed by atoms with van der Waals surface area (Å²) in [5, 5.41) is 16.4. The van der Waals surface area contributed by atoms with E-state index >= 15 is 0 Å². The van der Waals surface area contributed by atoms with Crippen molar-refractivity contribution in [2.45, 2.75) is 124 Å². The van der Waals surface area contributed by atoms with E-state index in [9.17, 15) is 9.59 Å². The number of nitrogens with zero attached hydrogens (tertiary/aromatic N) is 2. The first-order valence-corrected chi connectivity index (χ1v) is 22.8. The lowest BCUT2D eigenvalue weighted by Gasteiger charge is -2.58. The Hall–Kier alpha value is -2.31. The fraction of sp³-hybridized carbons (Fsp3) is 0.844. The lowest BCUT2D eigenvalue weighted by molar-refractivity contribution is -0.129. The molecule has 0 bridgehead atoms. The van der Waals surface area contributed by atoms with Crippen LogP contribution in [0, 0.1) is 46.3 Å². The highest BCUT2D eigenvalue weighted by Crippen LogP contribution is 2.67. The maximum absolute atomic E-state index is 13.5. The number of rotatable bonds is 15. The molecule has 3 saturated carbocycles. The normalized spacial score (nSPS) is 32.8. The van der Waals surface area contributed by atoms with Crippen molar-refractivity contribution in [2.75, 3.05) is 72.1 Å². The number of amides is 2. The molecule has 316 valence electrons. The molecule has 4 aliphatic carbocycles. The van der Waals surface area contributed by atoms with E-state index in [1.165, 1.54) is 57.8 Å². The van der Waals surface area contributed by atoms with Crippen LogP contribution in [0.1, 0.15) is 111 Å². The van der Waals surface area contributed by atoms with E-state index in [1.807, 2.05) is 0 Å². The van der Waals surface area contributed by atoms with Gasteiger partial charge in [-0.2, -0.15) is 0 Å². The van der Waals surface area contributed by atoms with Crippen molar-refractivity contribution in [3.8, 4) is 0 Å². The number of allylic oxidation sites excluding steroid dienone is 1. The second-order valence-electron chi connectivity index (χ2n) is 19.2. The second-order valence-corrected chi connectivity index (χ2v) is 19.2. The predicted molar refractivity (Wildman–Crippen MR) is 225 cm³/mol. The Bertz CT molecular complexity index is 1390. The van der Waals surface area contributed by atoms with Crippen molar-refractivity contribution < 1.29 is 14.3 Å². The molecule has 2 heterocycles. The van der Waals surface area contributed by atoms with Gasteiger partial charge in [-0.25, -0.2) is 4.98 Å². The Kier molecular flexibility index (Phi) is 15.9. The number of nitrogens with one attached hydrogen (secondary N) is 6. The highest BCUT2D eigenvalue weighted by atomic mass is 16.5. The van der Waals surface area contributed by atoms with Crippen molar-refractivity contribution in [2.24, 2.45) is 46.3 Å². The molecule has 0 spiro atoms. The van der Waals surface area contributed by atoms with Gasteiger partial charge in [-0.15, -0.1) is 0 Å². The van der Waals surface area contributed by atoms with Crippen LogP contribution in [0.5, 0.6) is 0 Å². The first-order valence-electron chi connectivity index (χ1n) is 22.8. The number of aromatic nitrogens is 2. The minimum atomic E-state index is -0.700. The number of imidazole rings is 1. The number of fused-ring (bicyclic) bond motifs is 5. The average molecular weight is 779 g/mol. The molecule has 0 unspecified atom stereocenters. The predicted octanol–water partition coefficient (Wildman–Crippen LogP) is 5.06. The minimum Gasteiger partial charge on any atom is -0.376 e. The molecule has 0 aromatic carbocycles. The molecule has 1 aliphatic heterocycles. The maximum Gasteiger partial charge on any atom is 0.243 e. The Balaban J connectivity index is 0.967. The molecule has 56 heavy (non-hydrogen) atoms. The Morgan fingerprint density at radius 1 is 0.946 bits per heavy atom. The number of hydrogen-bond donors (Lipinski definition) is 6. The van der Waals surface area contributed by atoms with E-state index in [0.29, 0.717) is 30.4 Å². The summed E-state index contributed by atoms with van der Waals surface area (Å²) in [4.78, 5) is 36.2. The highest BCUT2D eigenvalue weighted by molar-refractivity contribution is 5.88. The van der Waals surface area contributed by atoms with E-state index in [1.54, 1.807) is 18.1 Å². The minimum absolute atomic E-state index is 0.148. The summed E-state index contributed by atoms with van der Waals surface area (Å²) < 4.78 is 6.48. The van der Waals surface area contributed by atoms with Gasteiger partial charge in [-0.05, 0) is 97.7 Å². The zero-order valence-corrected chi connectivity index (χ0v) is 35.7. The lowest BCUT2D eigenvalue weighted by atomic mass is 9.47. The molecule has 9 atom stereocenters. The summed E-state index contributed by atoms with van der Waals surface area (Å²) >= 11 is 0. The number of hydrogen-bond acceptors (Lipinski definition) is 8. The van der Waals surface area contributed by atoms with Crippen molar-refractivity contribution in [3.63, 3.8) is 0 Å². The van der Waals surface area contributed by atoms with Crippen LogP contribution in [0.2, 0.25) is 0 Å². The number of carbonyl (C=O) groups is 2. The molecule has 6 rings (SSSR count). The fourth-order valence-electron chi connectivity index (χ4n) is 12.1. The molecule has 6 N–H and O–H groups in total. The van der Waals surface area contributed by atoms with Gasteiger partial charge in [0.2, 0.25) is 11.8 Å². The first kappa shape index (κ1) is 43.3. The van der Waals surface area contributed by atoms with Crippen LogP contribution in [0.4, 0.5) is 0 Å². The van der Waals surface area contributed by atoms with Gasteiger partial charge in [0.1, 0.15) is 6.04 Å². The van der Waals surface area contributed by atoms with Crippen molar-refractivity contribution in [1.82, 2.24) is 41.5 Å². The quantitative estimate of drug-likeness (QED) is 0.108. The van der Waals surface area contributed by atoms with Gasteiger partial charge in [0.05, 0.1) is 25.6 Å². The Morgan fingerprint density at radius 3 is 2.41 bits per heavy atom. The molecule has 11 nitrogen and oxygen atoms in total. The smallest absolute Gasteiger partial charge is 0.243 e.